The normalized spacial score (nSPS) is 17.9. The van der Waals surface area contributed by atoms with E-state index in [2.05, 4.69) is 0 Å². The van der Waals surface area contributed by atoms with Crippen molar-refractivity contribution in [3.63, 3.8) is 0 Å². The predicted octanol–water partition coefficient (Wildman–Crippen LogP) is 3.44. The number of carbonyl (C=O) groups is 2. The second-order valence-corrected chi connectivity index (χ2v) is 6.94. The maximum absolute atomic E-state index is 14.3. The maximum atomic E-state index is 14.3. The average molecular weight is 346 g/mol. The van der Waals surface area contributed by atoms with Crippen molar-refractivity contribution in [1.82, 2.24) is 4.90 Å². The summed E-state index contributed by atoms with van der Waals surface area (Å²) < 4.78 is 14.3. The third kappa shape index (κ3) is 3.19. The zero-order valence-electron chi connectivity index (χ0n) is 13.7. The minimum absolute atomic E-state index is 0.0137. The minimum Gasteiger partial charge on any atom is -0.365 e. The Morgan fingerprint density at radius 1 is 1.25 bits per heavy atom. The number of nitrogens with zero attached hydrogens (tertiary/aromatic N) is 2. The topological polar surface area (TPSA) is 40.6 Å². The maximum Gasteiger partial charge on any atom is 0.264 e. The van der Waals surface area contributed by atoms with Crippen LogP contribution in [0.2, 0.25) is 0 Å². The van der Waals surface area contributed by atoms with Gasteiger partial charge in [-0.1, -0.05) is 6.07 Å². The van der Waals surface area contributed by atoms with Crippen molar-refractivity contribution >= 4 is 28.7 Å². The number of anilines is 1. The zero-order chi connectivity index (χ0) is 17.3. The predicted molar refractivity (Wildman–Crippen MR) is 93.4 cm³/mol. The van der Waals surface area contributed by atoms with Crippen LogP contribution < -0.4 is 4.90 Å². The van der Waals surface area contributed by atoms with Crippen LogP contribution in [0.5, 0.6) is 0 Å². The second kappa shape index (κ2) is 6.73. The Hall–Kier alpha value is -2.21. The molecule has 1 aromatic carbocycles. The zero-order valence-corrected chi connectivity index (χ0v) is 14.5. The first-order chi connectivity index (χ1) is 11.5. The summed E-state index contributed by atoms with van der Waals surface area (Å²) in [5, 5.41) is 1.89. The number of hydrogen-bond donors (Lipinski definition) is 0. The van der Waals surface area contributed by atoms with Crippen LogP contribution in [0.25, 0.3) is 0 Å². The van der Waals surface area contributed by atoms with Crippen molar-refractivity contribution in [3.8, 4) is 0 Å². The number of halogens is 1. The van der Waals surface area contributed by atoms with E-state index in [-0.39, 0.29) is 17.7 Å². The third-order valence-corrected chi connectivity index (χ3v) is 5.17. The molecular formula is C18H19FN2O2S. The van der Waals surface area contributed by atoms with Crippen LogP contribution in [0.1, 0.15) is 33.9 Å². The van der Waals surface area contributed by atoms with Crippen LogP contribution >= 0.6 is 11.3 Å². The molecule has 3 rings (SSSR count). The van der Waals surface area contributed by atoms with E-state index in [1.165, 1.54) is 24.3 Å². The summed E-state index contributed by atoms with van der Waals surface area (Å²) in [5.74, 6) is -0.516. The first-order valence-corrected chi connectivity index (χ1v) is 8.75. The van der Waals surface area contributed by atoms with Gasteiger partial charge in [-0.25, -0.2) is 4.39 Å². The van der Waals surface area contributed by atoms with Crippen LogP contribution in [0.3, 0.4) is 0 Å². The lowest BCUT2D eigenvalue weighted by Crippen LogP contribution is -2.54. The molecule has 126 valence electrons. The standard InChI is InChI=1S/C18H19FN2O2S/c1-12-11-20(16-6-5-14(13(2)22)10-15(16)19)7-8-21(12)18(23)17-4-3-9-24-17/h3-6,9-10,12H,7-8,11H2,1-2H3/t12-/m0/s1. The molecule has 0 N–H and O–H groups in total. The molecule has 2 heterocycles. The fourth-order valence-corrected chi connectivity index (χ4v) is 3.68. The first-order valence-electron chi connectivity index (χ1n) is 7.87. The number of ketones is 1. The summed E-state index contributed by atoms with van der Waals surface area (Å²) >= 11 is 1.43. The Kier molecular flexibility index (Phi) is 4.66. The highest BCUT2D eigenvalue weighted by Crippen LogP contribution is 2.25. The van der Waals surface area contributed by atoms with Gasteiger partial charge in [-0.15, -0.1) is 11.3 Å². The molecular weight excluding hydrogens is 327 g/mol. The summed E-state index contributed by atoms with van der Waals surface area (Å²) in [6.45, 7) is 5.07. The van der Waals surface area contributed by atoms with Gasteiger partial charge in [0.05, 0.1) is 10.6 Å². The van der Waals surface area contributed by atoms with Crippen LogP contribution in [0.4, 0.5) is 10.1 Å². The molecule has 24 heavy (non-hydrogen) atoms. The first kappa shape index (κ1) is 16.6. The number of Topliss-reactive ketones (excluding diaryl/α,β-unsaturated/α-hetero) is 1. The van der Waals surface area contributed by atoms with E-state index in [9.17, 15) is 14.0 Å². The largest absolute Gasteiger partial charge is 0.365 e. The highest BCUT2D eigenvalue weighted by molar-refractivity contribution is 7.12. The molecule has 1 fully saturated rings. The Balaban J connectivity index is 1.74. The number of amides is 1. The van der Waals surface area contributed by atoms with Gasteiger partial charge in [-0.2, -0.15) is 0 Å². The van der Waals surface area contributed by atoms with Crippen LogP contribution in [0.15, 0.2) is 35.7 Å². The molecule has 0 radical (unpaired) electrons. The molecule has 1 amide bonds. The van der Waals surface area contributed by atoms with Gasteiger partial charge in [0.15, 0.2) is 5.78 Å². The molecule has 0 saturated carbocycles. The fraction of sp³-hybridized carbons (Fsp3) is 0.333. The van der Waals surface area contributed by atoms with Gasteiger partial charge in [-0.05, 0) is 43.5 Å². The SMILES string of the molecule is CC(=O)c1ccc(N2CCN(C(=O)c3cccs3)[C@@H](C)C2)c(F)c1. The molecule has 2 aromatic rings. The van der Waals surface area contributed by atoms with Gasteiger partial charge in [-0.3, -0.25) is 9.59 Å². The highest BCUT2D eigenvalue weighted by atomic mass is 32.1. The fourth-order valence-electron chi connectivity index (χ4n) is 3.00. The van der Waals surface area contributed by atoms with Gasteiger partial charge in [0.25, 0.3) is 5.91 Å². The number of rotatable bonds is 3. The second-order valence-electron chi connectivity index (χ2n) is 5.99. The van der Waals surface area contributed by atoms with Crippen LogP contribution in [-0.2, 0) is 0 Å². The van der Waals surface area contributed by atoms with Gasteiger partial charge in [0.1, 0.15) is 5.82 Å². The van der Waals surface area contributed by atoms with Gasteiger partial charge in [0, 0.05) is 31.2 Å². The lowest BCUT2D eigenvalue weighted by atomic mass is 10.1. The number of thiophene rings is 1. The summed E-state index contributed by atoms with van der Waals surface area (Å²) in [6, 6.07) is 8.26. The lowest BCUT2D eigenvalue weighted by molar-refractivity contribution is 0.0678. The molecule has 0 bridgehead atoms. The summed E-state index contributed by atoms with van der Waals surface area (Å²) in [7, 11) is 0. The Labute approximate surface area is 144 Å². The third-order valence-electron chi connectivity index (χ3n) is 4.32. The summed E-state index contributed by atoms with van der Waals surface area (Å²) in [5.41, 5.74) is 0.853. The van der Waals surface area contributed by atoms with E-state index in [0.29, 0.717) is 30.9 Å². The minimum atomic E-state index is -0.395. The Bertz CT molecular complexity index is 760. The van der Waals surface area contributed by atoms with Crippen molar-refractivity contribution in [2.24, 2.45) is 0 Å². The molecule has 4 nitrogen and oxygen atoms in total. The molecule has 1 aliphatic heterocycles. The quantitative estimate of drug-likeness (QED) is 0.800. The van der Waals surface area contributed by atoms with Crippen molar-refractivity contribution in [3.05, 3.63) is 52.0 Å². The lowest BCUT2D eigenvalue weighted by Gasteiger charge is -2.41. The van der Waals surface area contributed by atoms with E-state index in [1.807, 2.05) is 34.2 Å². The molecule has 0 spiro atoms. The Morgan fingerprint density at radius 2 is 2.04 bits per heavy atom. The number of piperazine rings is 1. The van der Waals surface area contributed by atoms with Crippen molar-refractivity contribution < 1.29 is 14.0 Å². The number of carbonyl (C=O) groups excluding carboxylic acids is 2. The Morgan fingerprint density at radius 3 is 2.62 bits per heavy atom. The van der Waals surface area contributed by atoms with Gasteiger partial charge >= 0.3 is 0 Å². The van der Waals surface area contributed by atoms with Gasteiger partial charge in [0.2, 0.25) is 0 Å². The van der Waals surface area contributed by atoms with E-state index >= 15 is 0 Å². The monoisotopic (exact) mass is 346 g/mol. The van der Waals surface area contributed by atoms with E-state index in [1.54, 1.807) is 12.1 Å². The number of hydrogen-bond acceptors (Lipinski definition) is 4. The molecule has 0 unspecified atom stereocenters. The van der Waals surface area contributed by atoms with Crippen LogP contribution in [0, 0.1) is 5.82 Å². The molecule has 1 atom stereocenters. The molecule has 1 aromatic heterocycles. The van der Waals surface area contributed by atoms with Crippen molar-refractivity contribution in [2.45, 2.75) is 19.9 Å². The van der Waals surface area contributed by atoms with Gasteiger partial charge < -0.3 is 9.80 Å². The smallest absolute Gasteiger partial charge is 0.264 e. The molecule has 6 heteroatoms. The number of benzene rings is 1. The van der Waals surface area contributed by atoms with E-state index in [4.69, 9.17) is 0 Å². The van der Waals surface area contributed by atoms with E-state index in [0.717, 1.165) is 4.88 Å². The highest BCUT2D eigenvalue weighted by Gasteiger charge is 2.29. The average Bonchev–Trinajstić information content (AvgIpc) is 3.08. The van der Waals surface area contributed by atoms with Crippen molar-refractivity contribution in [1.29, 1.82) is 0 Å². The summed E-state index contributed by atoms with van der Waals surface area (Å²) in [4.78, 5) is 28.4. The van der Waals surface area contributed by atoms with Crippen molar-refractivity contribution in [2.75, 3.05) is 24.5 Å². The van der Waals surface area contributed by atoms with E-state index < -0.39 is 5.82 Å². The van der Waals surface area contributed by atoms with Crippen LogP contribution in [-0.4, -0.2) is 42.3 Å². The summed E-state index contributed by atoms with van der Waals surface area (Å²) in [6.07, 6.45) is 0. The molecule has 0 aliphatic carbocycles. The molecule has 1 saturated heterocycles. The molecule has 1 aliphatic rings.